The Balaban J connectivity index is 0. The fourth-order valence-electron chi connectivity index (χ4n) is 0.425. The fourth-order valence-corrected chi connectivity index (χ4v) is 1.28. The van der Waals surface area contributed by atoms with Crippen molar-refractivity contribution in [1.82, 2.24) is 0 Å². The summed E-state index contributed by atoms with van der Waals surface area (Å²) in [5.74, 6) is -1.55. The summed E-state index contributed by atoms with van der Waals surface area (Å²) in [6.07, 6.45) is 2.30. The molecule has 0 saturated heterocycles. The van der Waals surface area contributed by atoms with E-state index in [2.05, 4.69) is 4.18 Å². The molecule has 0 aliphatic rings. The van der Waals surface area contributed by atoms with Crippen molar-refractivity contribution < 1.29 is 73.9 Å². The van der Waals surface area contributed by atoms with Gasteiger partial charge in [-0.2, -0.15) is 8.42 Å². The van der Waals surface area contributed by atoms with Crippen molar-refractivity contribution in [1.29, 1.82) is 0 Å². The first-order chi connectivity index (χ1) is 5.89. The molecule has 0 rings (SSSR count). The minimum Gasteiger partial charge on any atom is -0.545 e. The number of allylic oxidation sites excluding steroid dienone is 1. The summed E-state index contributed by atoms with van der Waals surface area (Å²) in [4.78, 5) is 10.1. The number of carboxylic acids is 1. The van der Waals surface area contributed by atoms with E-state index in [1.54, 1.807) is 6.92 Å². The van der Waals surface area contributed by atoms with Crippen molar-refractivity contribution in [3.8, 4) is 0 Å². The molecule has 0 amide bonds. The van der Waals surface area contributed by atoms with Gasteiger partial charge in [-0.1, -0.05) is 6.08 Å². The maximum atomic E-state index is 10.9. The van der Waals surface area contributed by atoms with Crippen LogP contribution in [0.1, 0.15) is 13.8 Å². The molecule has 0 atom stereocenters. The van der Waals surface area contributed by atoms with Gasteiger partial charge in [-0.15, -0.1) is 0 Å². The van der Waals surface area contributed by atoms with Gasteiger partial charge >= 0.3 is 61.5 Å². The zero-order valence-electron chi connectivity index (χ0n) is 8.18. The molecule has 0 heterocycles. The van der Waals surface area contributed by atoms with Gasteiger partial charge in [-0.3, -0.25) is 0 Å². The van der Waals surface area contributed by atoms with Crippen LogP contribution in [0.2, 0.25) is 0 Å². The molecule has 0 fully saturated rings. The van der Waals surface area contributed by atoms with E-state index in [1.165, 1.54) is 6.08 Å². The minimum absolute atomic E-state index is 0. The third kappa shape index (κ3) is 7.71. The summed E-state index contributed by atoms with van der Waals surface area (Å²) in [5.41, 5.74) is -0.412. The van der Waals surface area contributed by atoms with Crippen LogP contribution in [0.25, 0.3) is 0 Å². The first kappa shape index (κ1) is 16.8. The molecular weight excluding hydrogens is 235 g/mol. The number of carbonyl (C=O) groups excluding carboxylic acids is 1. The Morgan fingerprint density at radius 1 is 1.43 bits per heavy atom. The minimum atomic E-state index is -3.96. The Bertz CT molecular complexity index is 341. The molecule has 0 saturated carbocycles. The Hall–Kier alpha value is 0.336. The Kier molecular flexibility index (Phi) is 9.10. The van der Waals surface area contributed by atoms with Gasteiger partial charge in [-0.05, 0) is 19.4 Å². The van der Waals surface area contributed by atoms with Crippen molar-refractivity contribution >= 4 is 16.1 Å². The molecule has 0 spiro atoms. The van der Waals surface area contributed by atoms with Crippen LogP contribution in [-0.2, 0) is 19.1 Å². The van der Waals surface area contributed by atoms with E-state index in [-0.39, 0.29) is 51.4 Å². The van der Waals surface area contributed by atoms with Gasteiger partial charge in [0, 0.05) is 0 Å². The molecule has 74 valence electrons. The van der Waals surface area contributed by atoms with E-state index in [1.807, 2.05) is 0 Å². The van der Waals surface area contributed by atoms with E-state index in [0.717, 1.165) is 13.2 Å². The summed E-state index contributed by atoms with van der Waals surface area (Å²) in [6, 6.07) is 0. The smallest absolute Gasteiger partial charge is 0.545 e. The van der Waals surface area contributed by atoms with Crippen LogP contribution in [0.5, 0.6) is 0 Å². The summed E-state index contributed by atoms with van der Waals surface area (Å²) in [6.45, 7) is 2.66. The predicted octanol–water partition coefficient (Wildman–Crippen LogP) is -3.48. The van der Waals surface area contributed by atoms with Gasteiger partial charge in [-0.25, -0.2) is 0 Å². The van der Waals surface area contributed by atoms with Crippen molar-refractivity contribution in [3.05, 3.63) is 23.3 Å². The van der Waals surface area contributed by atoms with Crippen molar-refractivity contribution in [2.75, 3.05) is 0 Å². The van der Waals surface area contributed by atoms with Gasteiger partial charge in [0.2, 0.25) is 0 Å². The molecule has 0 aromatic carbocycles. The molecule has 0 radical (unpaired) electrons. The zero-order valence-corrected chi connectivity index (χ0v) is 12.1. The fraction of sp³-hybridized carbons (Fsp3) is 0.286. The molecule has 7 heteroatoms. The van der Waals surface area contributed by atoms with E-state index >= 15 is 0 Å². The summed E-state index contributed by atoms with van der Waals surface area (Å²) in [7, 11) is -3.96. The monoisotopic (exact) mass is 244 g/mol. The standard InChI is InChI=1S/C7H10O5S.K/c1-3-4-12-13(10,11)5-6(2)7(8)9;/h3-5H,1-2H3,(H,8,9);/q;+1/p-1. The summed E-state index contributed by atoms with van der Waals surface area (Å²) < 4.78 is 26.0. The average molecular weight is 244 g/mol. The largest absolute Gasteiger partial charge is 1.00 e. The van der Waals surface area contributed by atoms with Crippen LogP contribution in [0.3, 0.4) is 0 Å². The predicted molar refractivity (Wildman–Crippen MR) is 43.6 cm³/mol. The van der Waals surface area contributed by atoms with Crippen molar-refractivity contribution in [3.63, 3.8) is 0 Å². The molecule has 5 nitrogen and oxygen atoms in total. The van der Waals surface area contributed by atoms with E-state index in [4.69, 9.17) is 0 Å². The van der Waals surface area contributed by atoms with Gasteiger partial charge < -0.3 is 14.1 Å². The third-order valence-electron chi connectivity index (χ3n) is 0.969. The topological polar surface area (TPSA) is 83.5 Å². The number of hydrogen-bond donors (Lipinski definition) is 0. The maximum absolute atomic E-state index is 10.9. The van der Waals surface area contributed by atoms with Gasteiger partial charge in [0.05, 0.1) is 11.4 Å². The first-order valence-electron chi connectivity index (χ1n) is 3.33. The molecule has 14 heavy (non-hydrogen) atoms. The van der Waals surface area contributed by atoms with Crippen LogP contribution in [0, 0.1) is 0 Å². The SMILES string of the molecule is CC=COS(=O)(=O)C=C(C)C(=O)[O-].[K+]. The first-order valence-corrected chi connectivity index (χ1v) is 4.80. The molecule has 0 aromatic rings. The van der Waals surface area contributed by atoms with E-state index < -0.39 is 21.7 Å². The van der Waals surface area contributed by atoms with Gasteiger partial charge in [0.15, 0.2) is 0 Å². The number of carbonyl (C=O) groups is 1. The third-order valence-corrected chi connectivity index (χ3v) is 1.99. The summed E-state index contributed by atoms with van der Waals surface area (Å²) in [5, 5.41) is 10.6. The normalized spacial score (nSPS) is 12.3. The number of aliphatic carboxylic acids is 1. The molecule has 0 aliphatic carbocycles. The number of hydrogen-bond acceptors (Lipinski definition) is 5. The molecule has 0 N–H and O–H groups in total. The van der Waals surface area contributed by atoms with E-state index in [0.29, 0.717) is 5.41 Å². The quantitative estimate of drug-likeness (QED) is 0.222. The maximum Gasteiger partial charge on any atom is 1.00 e. The molecular formula is C7H9KO5S. The second kappa shape index (κ2) is 7.61. The molecule has 0 aromatic heterocycles. The second-order valence-corrected chi connectivity index (χ2v) is 3.56. The Morgan fingerprint density at radius 2 is 1.93 bits per heavy atom. The van der Waals surface area contributed by atoms with Crippen LogP contribution in [-0.4, -0.2) is 14.4 Å². The van der Waals surface area contributed by atoms with Crippen LogP contribution in [0.4, 0.5) is 0 Å². The average Bonchev–Trinajstić information content (AvgIpc) is 2.00. The van der Waals surface area contributed by atoms with Gasteiger partial charge in [0.1, 0.15) is 6.26 Å². The van der Waals surface area contributed by atoms with Crippen LogP contribution >= 0.6 is 0 Å². The molecule has 0 aliphatic heterocycles. The number of rotatable bonds is 4. The Morgan fingerprint density at radius 3 is 2.29 bits per heavy atom. The number of carboxylic acid groups (broad SMARTS) is 1. The summed E-state index contributed by atoms with van der Waals surface area (Å²) >= 11 is 0. The van der Waals surface area contributed by atoms with Crippen LogP contribution < -0.4 is 56.5 Å². The molecule has 0 bridgehead atoms. The van der Waals surface area contributed by atoms with Crippen molar-refractivity contribution in [2.24, 2.45) is 0 Å². The van der Waals surface area contributed by atoms with Crippen molar-refractivity contribution in [2.45, 2.75) is 13.8 Å². The van der Waals surface area contributed by atoms with E-state index in [9.17, 15) is 18.3 Å². The van der Waals surface area contributed by atoms with Crippen LogP contribution in [0.15, 0.2) is 23.3 Å². The Labute approximate surface area is 125 Å². The second-order valence-electron chi connectivity index (χ2n) is 2.15. The van der Waals surface area contributed by atoms with Gasteiger partial charge in [0.25, 0.3) is 0 Å². The molecule has 0 unspecified atom stereocenters. The zero-order chi connectivity index (χ0) is 10.5.